The number of aldehydes is 1. The molecule has 0 aromatic heterocycles. The van der Waals surface area contributed by atoms with Gasteiger partial charge in [0.05, 0.1) is 7.11 Å². The van der Waals surface area contributed by atoms with Gasteiger partial charge < -0.3 is 9.47 Å². The molecule has 0 spiro atoms. The minimum atomic E-state index is 0.325. The molecule has 2 rings (SSSR count). The van der Waals surface area contributed by atoms with Crippen molar-refractivity contribution in [2.75, 3.05) is 7.11 Å². The molecule has 0 unspecified atom stereocenters. The molecule has 0 aliphatic rings. The predicted molar refractivity (Wildman–Crippen MR) is 78.9 cm³/mol. The van der Waals surface area contributed by atoms with Crippen LogP contribution in [0.15, 0.2) is 36.4 Å². The van der Waals surface area contributed by atoms with Gasteiger partial charge in [-0.15, -0.1) is 0 Å². The molecule has 0 heterocycles. The van der Waals surface area contributed by atoms with Crippen LogP contribution in [0.1, 0.15) is 21.5 Å². The molecule has 0 aliphatic carbocycles. The average Bonchev–Trinajstić information content (AvgIpc) is 2.48. The number of carbonyl (C=O) groups is 1. The second kappa shape index (κ2) is 6.44. The van der Waals surface area contributed by atoms with Crippen molar-refractivity contribution in [2.45, 2.75) is 13.5 Å². The number of ether oxygens (including phenoxy) is 2. The molecule has 2 aromatic carbocycles. The number of hydrogen-bond donors (Lipinski definition) is 0. The van der Waals surface area contributed by atoms with Crippen molar-refractivity contribution < 1.29 is 14.3 Å². The summed E-state index contributed by atoms with van der Waals surface area (Å²) in [7, 11) is 1.59. The lowest BCUT2D eigenvalue weighted by Gasteiger charge is -2.11. The number of benzene rings is 2. The van der Waals surface area contributed by atoms with Gasteiger partial charge in [0.2, 0.25) is 0 Å². The molecule has 0 aliphatic heterocycles. The Bertz CT molecular complexity index is 623. The van der Waals surface area contributed by atoms with Crippen LogP contribution in [0.3, 0.4) is 0 Å². The van der Waals surface area contributed by atoms with Crippen molar-refractivity contribution >= 4 is 17.9 Å². The van der Waals surface area contributed by atoms with Crippen LogP contribution >= 0.6 is 11.6 Å². The summed E-state index contributed by atoms with van der Waals surface area (Å²) in [5, 5.41) is 0.706. The second-order valence-corrected chi connectivity index (χ2v) is 4.80. The third kappa shape index (κ3) is 3.31. The second-order valence-electron chi connectivity index (χ2n) is 4.39. The molecular formula is C16H15ClO3. The monoisotopic (exact) mass is 290 g/mol. The fourth-order valence-corrected chi connectivity index (χ4v) is 1.97. The van der Waals surface area contributed by atoms with Gasteiger partial charge in [-0.05, 0) is 48.9 Å². The minimum absolute atomic E-state index is 0.325. The van der Waals surface area contributed by atoms with Crippen LogP contribution in [0.25, 0.3) is 0 Å². The van der Waals surface area contributed by atoms with Gasteiger partial charge in [0, 0.05) is 16.1 Å². The van der Waals surface area contributed by atoms with Crippen molar-refractivity contribution in [3.8, 4) is 11.5 Å². The van der Waals surface area contributed by atoms with Crippen LogP contribution in [-0.4, -0.2) is 13.4 Å². The number of hydrogen-bond acceptors (Lipinski definition) is 3. The molecule has 0 radical (unpaired) electrons. The first-order valence-electron chi connectivity index (χ1n) is 6.15. The molecule has 0 atom stereocenters. The highest BCUT2D eigenvalue weighted by atomic mass is 35.5. The third-order valence-electron chi connectivity index (χ3n) is 2.96. The van der Waals surface area contributed by atoms with E-state index < -0.39 is 0 Å². The van der Waals surface area contributed by atoms with Crippen LogP contribution in [-0.2, 0) is 6.61 Å². The van der Waals surface area contributed by atoms with Gasteiger partial charge in [-0.25, -0.2) is 0 Å². The standard InChI is InChI=1S/C16H15ClO3/c1-11-7-14(4-5-15(11)17)20-10-13-8-12(9-18)3-6-16(13)19-2/h3-9H,10H2,1-2H3. The zero-order valence-corrected chi connectivity index (χ0v) is 12.1. The quantitative estimate of drug-likeness (QED) is 0.779. The molecule has 0 bridgehead atoms. The Morgan fingerprint density at radius 2 is 2.00 bits per heavy atom. The van der Waals surface area contributed by atoms with Crippen molar-refractivity contribution in [3.63, 3.8) is 0 Å². The van der Waals surface area contributed by atoms with E-state index in [-0.39, 0.29) is 0 Å². The first kappa shape index (κ1) is 14.4. The summed E-state index contributed by atoms with van der Waals surface area (Å²) in [6, 6.07) is 10.7. The normalized spacial score (nSPS) is 10.2. The van der Waals surface area contributed by atoms with Crippen molar-refractivity contribution in [1.29, 1.82) is 0 Å². The Hall–Kier alpha value is -2.00. The Morgan fingerprint density at radius 1 is 1.20 bits per heavy atom. The summed E-state index contributed by atoms with van der Waals surface area (Å²) in [5.41, 5.74) is 2.37. The van der Waals surface area contributed by atoms with E-state index in [2.05, 4.69) is 0 Å². The van der Waals surface area contributed by atoms with Crippen LogP contribution in [0, 0.1) is 6.92 Å². The number of methoxy groups -OCH3 is 1. The maximum Gasteiger partial charge on any atom is 0.150 e. The van der Waals surface area contributed by atoms with E-state index in [0.29, 0.717) is 22.9 Å². The van der Waals surface area contributed by atoms with Gasteiger partial charge in [-0.1, -0.05) is 11.6 Å². The Labute approximate surface area is 123 Å². The van der Waals surface area contributed by atoms with Gasteiger partial charge in [-0.2, -0.15) is 0 Å². The summed E-state index contributed by atoms with van der Waals surface area (Å²) >= 11 is 5.97. The van der Waals surface area contributed by atoms with Gasteiger partial charge in [-0.3, -0.25) is 4.79 Å². The third-order valence-corrected chi connectivity index (χ3v) is 3.39. The maximum absolute atomic E-state index is 10.8. The lowest BCUT2D eigenvalue weighted by molar-refractivity contribution is 0.112. The molecule has 4 heteroatoms. The zero-order chi connectivity index (χ0) is 14.5. The zero-order valence-electron chi connectivity index (χ0n) is 11.4. The van der Waals surface area contributed by atoms with Crippen molar-refractivity contribution in [3.05, 3.63) is 58.1 Å². The molecule has 0 saturated carbocycles. The highest BCUT2D eigenvalue weighted by Gasteiger charge is 2.06. The fraction of sp³-hybridized carbons (Fsp3) is 0.188. The van der Waals surface area contributed by atoms with E-state index in [1.54, 1.807) is 31.4 Å². The van der Waals surface area contributed by atoms with E-state index in [1.807, 2.05) is 19.1 Å². The van der Waals surface area contributed by atoms with Gasteiger partial charge >= 0.3 is 0 Å². The first-order valence-corrected chi connectivity index (χ1v) is 6.53. The van der Waals surface area contributed by atoms with Crippen molar-refractivity contribution in [1.82, 2.24) is 0 Å². The van der Waals surface area contributed by atoms with E-state index in [4.69, 9.17) is 21.1 Å². The van der Waals surface area contributed by atoms with E-state index >= 15 is 0 Å². The summed E-state index contributed by atoms with van der Waals surface area (Å²) in [6.45, 7) is 2.24. The molecule has 0 N–H and O–H groups in total. The smallest absolute Gasteiger partial charge is 0.150 e. The molecular weight excluding hydrogens is 276 g/mol. The van der Waals surface area contributed by atoms with Gasteiger partial charge in [0.15, 0.2) is 0 Å². The van der Waals surface area contributed by atoms with Crippen molar-refractivity contribution in [2.24, 2.45) is 0 Å². The lowest BCUT2D eigenvalue weighted by Crippen LogP contribution is -2.00. The van der Waals surface area contributed by atoms with E-state index in [1.165, 1.54) is 0 Å². The van der Waals surface area contributed by atoms with Crippen LogP contribution < -0.4 is 9.47 Å². The number of rotatable bonds is 5. The fourth-order valence-electron chi connectivity index (χ4n) is 1.85. The van der Waals surface area contributed by atoms with Crippen LogP contribution in [0.5, 0.6) is 11.5 Å². The number of halogens is 1. The number of carbonyl (C=O) groups excluding carboxylic acids is 1. The number of aryl methyl sites for hydroxylation is 1. The predicted octanol–water partition coefficient (Wildman–Crippen LogP) is 4.05. The van der Waals surface area contributed by atoms with Gasteiger partial charge in [0.25, 0.3) is 0 Å². The molecule has 104 valence electrons. The largest absolute Gasteiger partial charge is 0.496 e. The summed E-state index contributed by atoms with van der Waals surface area (Å²) in [6.07, 6.45) is 0.801. The van der Waals surface area contributed by atoms with E-state index in [9.17, 15) is 4.79 Å². The van der Waals surface area contributed by atoms with Gasteiger partial charge in [0.1, 0.15) is 24.4 Å². The molecule has 0 saturated heterocycles. The summed E-state index contributed by atoms with van der Waals surface area (Å²) in [5.74, 6) is 1.42. The Morgan fingerprint density at radius 3 is 2.65 bits per heavy atom. The SMILES string of the molecule is COc1ccc(C=O)cc1COc1ccc(Cl)c(C)c1. The Kier molecular flexibility index (Phi) is 4.64. The van der Waals surface area contributed by atoms with Crippen LogP contribution in [0.4, 0.5) is 0 Å². The first-order chi connectivity index (χ1) is 9.63. The molecule has 2 aromatic rings. The maximum atomic E-state index is 10.8. The highest BCUT2D eigenvalue weighted by Crippen LogP contribution is 2.24. The molecule has 20 heavy (non-hydrogen) atoms. The minimum Gasteiger partial charge on any atom is -0.496 e. The topological polar surface area (TPSA) is 35.5 Å². The lowest BCUT2D eigenvalue weighted by atomic mass is 10.1. The molecule has 0 fully saturated rings. The molecule has 0 amide bonds. The summed E-state index contributed by atoms with van der Waals surface area (Å²) < 4.78 is 11.0. The summed E-state index contributed by atoms with van der Waals surface area (Å²) in [4.78, 5) is 10.8. The van der Waals surface area contributed by atoms with E-state index in [0.717, 1.165) is 23.2 Å². The highest BCUT2D eigenvalue weighted by molar-refractivity contribution is 6.31. The molecule has 3 nitrogen and oxygen atoms in total. The van der Waals surface area contributed by atoms with Crippen LogP contribution in [0.2, 0.25) is 5.02 Å². The Balaban J connectivity index is 2.17. The average molecular weight is 291 g/mol.